The Bertz CT molecular complexity index is 637. The maximum Gasteiger partial charge on any atom is 0.248 e. The molecular formula is C16H20N2O2. The van der Waals surface area contributed by atoms with Gasteiger partial charge in [0.2, 0.25) is 5.91 Å². The second-order valence-corrected chi connectivity index (χ2v) is 4.99. The average Bonchev–Trinajstić information content (AvgIpc) is 2.77. The minimum Gasteiger partial charge on any atom is -0.383 e. The Balaban J connectivity index is 2.18. The number of anilines is 1. The second kappa shape index (κ2) is 6.39. The van der Waals surface area contributed by atoms with Gasteiger partial charge in [-0.3, -0.25) is 4.79 Å². The molecule has 1 aromatic heterocycles. The molecule has 0 atom stereocenters. The van der Waals surface area contributed by atoms with E-state index in [1.165, 1.54) is 0 Å². The zero-order chi connectivity index (χ0) is 14.5. The number of benzene rings is 1. The third-order valence-corrected chi connectivity index (χ3v) is 2.99. The van der Waals surface area contributed by atoms with Crippen LogP contribution in [0.25, 0.3) is 10.9 Å². The Morgan fingerprint density at radius 1 is 1.35 bits per heavy atom. The summed E-state index contributed by atoms with van der Waals surface area (Å²) in [6.07, 6.45) is 3.62. The molecule has 20 heavy (non-hydrogen) atoms. The Morgan fingerprint density at radius 2 is 2.15 bits per heavy atom. The molecule has 1 amide bonds. The van der Waals surface area contributed by atoms with Crippen molar-refractivity contribution < 1.29 is 9.53 Å². The van der Waals surface area contributed by atoms with E-state index in [2.05, 4.69) is 9.88 Å². The summed E-state index contributed by atoms with van der Waals surface area (Å²) in [6.45, 7) is 5.31. The van der Waals surface area contributed by atoms with Crippen molar-refractivity contribution in [1.82, 2.24) is 4.57 Å². The summed E-state index contributed by atoms with van der Waals surface area (Å²) >= 11 is 0. The van der Waals surface area contributed by atoms with Crippen molar-refractivity contribution in [2.24, 2.45) is 0 Å². The standard InChI is InChI=1S/C16H20N2O2/c1-12(2)10-16(19)17-14-4-5-15-13(11-14)6-7-18(15)8-9-20-3/h4-7,10-11H,8-9H2,1-3H3,(H,17,19). The van der Waals surface area contributed by atoms with Gasteiger partial charge in [-0.2, -0.15) is 0 Å². The predicted octanol–water partition coefficient (Wildman–Crippen LogP) is 3.19. The molecule has 0 unspecified atom stereocenters. The molecule has 2 aromatic rings. The Labute approximate surface area is 119 Å². The SMILES string of the molecule is COCCn1ccc2cc(NC(=O)C=C(C)C)ccc21. The highest BCUT2D eigenvalue weighted by Gasteiger charge is 2.04. The second-order valence-electron chi connectivity index (χ2n) is 4.99. The van der Waals surface area contributed by atoms with Crippen LogP contribution >= 0.6 is 0 Å². The molecule has 0 aliphatic rings. The van der Waals surface area contributed by atoms with Crippen LogP contribution in [0.15, 0.2) is 42.1 Å². The quantitative estimate of drug-likeness (QED) is 0.849. The molecule has 0 spiro atoms. The minimum atomic E-state index is -0.0943. The van der Waals surface area contributed by atoms with Crippen molar-refractivity contribution in [3.05, 3.63) is 42.1 Å². The summed E-state index contributed by atoms with van der Waals surface area (Å²) in [5.41, 5.74) is 2.93. The summed E-state index contributed by atoms with van der Waals surface area (Å²) in [4.78, 5) is 11.7. The molecular weight excluding hydrogens is 252 g/mol. The zero-order valence-electron chi connectivity index (χ0n) is 12.1. The molecule has 0 saturated heterocycles. The highest BCUT2D eigenvalue weighted by molar-refractivity contribution is 6.01. The van der Waals surface area contributed by atoms with E-state index in [9.17, 15) is 4.79 Å². The van der Waals surface area contributed by atoms with Gasteiger partial charge in [-0.15, -0.1) is 0 Å². The number of nitrogens with one attached hydrogen (secondary N) is 1. The van der Waals surface area contributed by atoms with Crippen LogP contribution in [0.5, 0.6) is 0 Å². The summed E-state index contributed by atoms with van der Waals surface area (Å²) in [7, 11) is 1.70. The van der Waals surface area contributed by atoms with Crippen molar-refractivity contribution in [3.8, 4) is 0 Å². The third kappa shape index (κ3) is 3.48. The lowest BCUT2D eigenvalue weighted by Gasteiger charge is -2.06. The molecule has 4 heteroatoms. The van der Waals surface area contributed by atoms with Gasteiger partial charge in [-0.1, -0.05) is 5.57 Å². The van der Waals surface area contributed by atoms with Crippen LogP contribution < -0.4 is 5.32 Å². The Hall–Kier alpha value is -2.07. The van der Waals surface area contributed by atoms with Crippen LogP contribution in [0, 0.1) is 0 Å². The third-order valence-electron chi connectivity index (χ3n) is 2.99. The van der Waals surface area contributed by atoms with Crippen molar-refractivity contribution in [2.75, 3.05) is 19.0 Å². The fourth-order valence-electron chi connectivity index (χ4n) is 2.10. The van der Waals surface area contributed by atoms with Gasteiger partial charge in [-0.25, -0.2) is 0 Å². The number of allylic oxidation sites excluding steroid dienone is 1. The van der Waals surface area contributed by atoms with E-state index in [-0.39, 0.29) is 5.91 Å². The van der Waals surface area contributed by atoms with E-state index in [4.69, 9.17) is 4.74 Å². The topological polar surface area (TPSA) is 43.3 Å². The zero-order valence-corrected chi connectivity index (χ0v) is 12.1. The smallest absolute Gasteiger partial charge is 0.248 e. The highest BCUT2D eigenvalue weighted by atomic mass is 16.5. The maximum absolute atomic E-state index is 11.7. The molecule has 0 radical (unpaired) electrons. The molecule has 1 heterocycles. The molecule has 4 nitrogen and oxygen atoms in total. The Kier molecular flexibility index (Phi) is 4.58. The number of methoxy groups -OCH3 is 1. The van der Waals surface area contributed by atoms with E-state index >= 15 is 0 Å². The van der Waals surface area contributed by atoms with Gasteiger partial charge < -0.3 is 14.6 Å². The molecule has 0 fully saturated rings. The van der Waals surface area contributed by atoms with Crippen molar-refractivity contribution in [2.45, 2.75) is 20.4 Å². The summed E-state index contributed by atoms with van der Waals surface area (Å²) < 4.78 is 7.23. The number of aromatic nitrogens is 1. The van der Waals surface area contributed by atoms with Gasteiger partial charge in [0, 0.05) is 42.5 Å². The molecule has 106 valence electrons. The number of carbonyl (C=O) groups is 1. The van der Waals surface area contributed by atoms with Crippen molar-refractivity contribution >= 4 is 22.5 Å². The number of nitrogens with zero attached hydrogens (tertiary/aromatic N) is 1. The number of hydrogen-bond acceptors (Lipinski definition) is 2. The lowest BCUT2D eigenvalue weighted by Crippen LogP contribution is -2.08. The van der Waals surface area contributed by atoms with Crippen LogP contribution in [-0.4, -0.2) is 24.2 Å². The van der Waals surface area contributed by atoms with Gasteiger partial charge in [0.05, 0.1) is 6.61 Å². The molecule has 2 rings (SSSR count). The first-order chi connectivity index (χ1) is 9.60. The fraction of sp³-hybridized carbons (Fsp3) is 0.312. The largest absolute Gasteiger partial charge is 0.383 e. The number of fused-ring (bicyclic) bond motifs is 1. The number of ether oxygens (including phenoxy) is 1. The first-order valence-electron chi connectivity index (χ1n) is 6.64. The number of hydrogen-bond donors (Lipinski definition) is 1. The highest BCUT2D eigenvalue weighted by Crippen LogP contribution is 2.20. The van der Waals surface area contributed by atoms with Gasteiger partial charge in [0.15, 0.2) is 0 Å². The first-order valence-corrected chi connectivity index (χ1v) is 6.64. The summed E-state index contributed by atoms with van der Waals surface area (Å²) in [6, 6.07) is 7.96. The van der Waals surface area contributed by atoms with Crippen LogP contribution in [-0.2, 0) is 16.1 Å². The molecule has 0 bridgehead atoms. The number of amides is 1. The average molecular weight is 272 g/mol. The maximum atomic E-state index is 11.7. The van der Waals surface area contributed by atoms with Gasteiger partial charge in [-0.05, 0) is 38.1 Å². The van der Waals surface area contributed by atoms with Crippen molar-refractivity contribution in [3.63, 3.8) is 0 Å². The molecule has 1 N–H and O–H groups in total. The van der Waals surface area contributed by atoms with Gasteiger partial charge in [0.1, 0.15) is 0 Å². The number of carbonyl (C=O) groups excluding carboxylic acids is 1. The van der Waals surface area contributed by atoms with E-state index in [0.29, 0.717) is 6.61 Å². The van der Waals surface area contributed by atoms with E-state index < -0.39 is 0 Å². The lowest BCUT2D eigenvalue weighted by molar-refractivity contribution is -0.111. The number of rotatable bonds is 5. The van der Waals surface area contributed by atoms with E-state index in [1.54, 1.807) is 13.2 Å². The van der Waals surface area contributed by atoms with Gasteiger partial charge >= 0.3 is 0 Å². The van der Waals surface area contributed by atoms with Crippen LogP contribution in [0.3, 0.4) is 0 Å². The van der Waals surface area contributed by atoms with Crippen molar-refractivity contribution in [1.29, 1.82) is 0 Å². The fourth-order valence-corrected chi connectivity index (χ4v) is 2.10. The molecule has 0 aliphatic heterocycles. The van der Waals surface area contributed by atoms with Crippen LogP contribution in [0.2, 0.25) is 0 Å². The molecule has 0 saturated carbocycles. The molecule has 1 aromatic carbocycles. The Morgan fingerprint density at radius 3 is 2.85 bits per heavy atom. The van der Waals surface area contributed by atoms with Crippen LogP contribution in [0.1, 0.15) is 13.8 Å². The van der Waals surface area contributed by atoms with Gasteiger partial charge in [0.25, 0.3) is 0 Å². The summed E-state index contributed by atoms with van der Waals surface area (Å²) in [5, 5.41) is 3.98. The normalized spacial score (nSPS) is 10.6. The minimum absolute atomic E-state index is 0.0943. The van der Waals surface area contributed by atoms with E-state index in [1.807, 2.05) is 44.3 Å². The van der Waals surface area contributed by atoms with Crippen LogP contribution in [0.4, 0.5) is 5.69 Å². The first kappa shape index (κ1) is 14.3. The van der Waals surface area contributed by atoms with E-state index in [0.717, 1.165) is 28.7 Å². The molecule has 0 aliphatic carbocycles. The predicted molar refractivity (Wildman–Crippen MR) is 81.9 cm³/mol. The lowest BCUT2D eigenvalue weighted by atomic mass is 10.2. The monoisotopic (exact) mass is 272 g/mol. The summed E-state index contributed by atoms with van der Waals surface area (Å²) in [5.74, 6) is -0.0943.